The van der Waals surface area contributed by atoms with Crippen molar-refractivity contribution in [3.63, 3.8) is 0 Å². The van der Waals surface area contributed by atoms with Gasteiger partial charge in [0, 0.05) is 21.5 Å². The fourth-order valence-electron chi connectivity index (χ4n) is 2.72. The van der Waals surface area contributed by atoms with Crippen molar-refractivity contribution in [3.8, 4) is 22.8 Å². The summed E-state index contributed by atoms with van der Waals surface area (Å²) >= 11 is 2.89. The summed E-state index contributed by atoms with van der Waals surface area (Å²) < 4.78 is 10.6. The number of nitrogens with two attached hydrogens (primary N) is 1. The molecule has 0 aliphatic heterocycles. The number of amides is 1. The summed E-state index contributed by atoms with van der Waals surface area (Å²) in [5.74, 6) is 1.21. The van der Waals surface area contributed by atoms with Crippen molar-refractivity contribution in [3.05, 3.63) is 47.8 Å². The number of nitrogens with zero attached hydrogens (tertiary/aromatic N) is 1. The van der Waals surface area contributed by atoms with Crippen LogP contribution in [0.15, 0.2) is 52.7 Å². The van der Waals surface area contributed by atoms with Gasteiger partial charge in [0.15, 0.2) is 16.6 Å². The maximum Gasteiger partial charge on any atom is 0.239 e. The van der Waals surface area contributed by atoms with Gasteiger partial charge in [-0.1, -0.05) is 13.0 Å². The maximum absolute atomic E-state index is 12.7. The summed E-state index contributed by atoms with van der Waals surface area (Å²) in [4.78, 5) is 18.2. The number of hydrogen-bond acceptors (Lipinski definition) is 7. The van der Waals surface area contributed by atoms with Crippen LogP contribution in [0.4, 0.5) is 10.8 Å². The van der Waals surface area contributed by atoms with Gasteiger partial charge >= 0.3 is 0 Å². The van der Waals surface area contributed by atoms with E-state index in [2.05, 4.69) is 10.3 Å². The predicted molar refractivity (Wildman–Crippen MR) is 120 cm³/mol. The first-order chi connectivity index (χ1) is 14.0. The molecule has 29 heavy (non-hydrogen) atoms. The van der Waals surface area contributed by atoms with Crippen LogP contribution in [0.1, 0.15) is 13.3 Å². The van der Waals surface area contributed by atoms with E-state index in [0.717, 1.165) is 16.2 Å². The van der Waals surface area contributed by atoms with Gasteiger partial charge in [-0.3, -0.25) is 4.79 Å². The standard InChI is InChI=1S/C21H23N3O3S2/c1-4-19(29-15-7-5-6-14(22)11-15)20(25)24-21-23-16(12-28-21)13-8-9-17(26-2)18(10-13)27-3/h5-12,19H,4,22H2,1-3H3,(H,23,24,25). The highest BCUT2D eigenvalue weighted by Gasteiger charge is 2.19. The Morgan fingerprint density at radius 3 is 2.69 bits per heavy atom. The number of benzene rings is 2. The Morgan fingerprint density at radius 2 is 2.00 bits per heavy atom. The van der Waals surface area contributed by atoms with Crippen LogP contribution in [0, 0.1) is 0 Å². The van der Waals surface area contributed by atoms with Crippen molar-refractivity contribution in [1.82, 2.24) is 4.98 Å². The molecule has 1 atom stereocenters. The van der Waals surface area contributed by atoms with Crippen LogP contribution < -0.4 is 20.5 Å². The highest BCUT2D eigenvalue weighted by molar-refractivity contribution is 8.00. The van der Waals surface area contributed by atoms with Gasteiger partial charge in [0.25, 0.3) is 0 Å². The molecular weight excluding hydrogens is 406 g/mol. The average molecular weight is 430 g/mol. The molecule has 0 radical (unpaired) electrons. The number of nitrogens with one attached hydrogen (secondary N) is 1. The quantitative estimate of drug-likeness (QED) is 0.390. The first-order valence-electron chi connectivity index (χ1n) is 9.05. The first kappa shape index (κ1) is 21.0. The van der Waals surface area contributed by atoms with Crippen LogP contribution >= 0.6 is 23.1 Å². The van der Waals surface area contributed by atoms with Crippen LogP contribution in [0.2, 0.25) is 0 Å². The van der Waals surface area contributed by atoms with Gasteiger partial charge in [-0.2, -0.15) is 0 Å². The van der Waals surface area contributed by atoms with Crippen LogP contribution in [0.3, 0.4) is 0 Å². The topological polar surface area (TPSA) is 86.5 Å². The molecule has 0 aliphatic rings. The molecule has 1 unspecified atom stereocenters. The second-order valence-electron chi connectivity index (χ2n) is 6.18. The van der Waals surface area contributed by atoms with E-state index in [1.54, 1.807) is 14.2 Å². The van der Waals surface area contributed by atoms with E-state index in [1.165, 1.54) is 23.1 Å². The SMILES string of the molecule is CCC(Sc1cccc(N)c1)C(=O)Nc1nc(-c2ccc(OC)c(OC)c2)cs1. The molecule has 3 aromatic rings. The number of aromatic nitrogens is 1. The second-order valence-corrected chi connectivity index (χ2v) is 8.32. The van der Waals surface area contributed by atoms with E-state index < -0.39 is 0 Å². The number of thiazole rings is 1. The summed E-state index contributed by atoms with van der Waals surface area (Å²) in [6.07, 6.45) is 0.694. The lowest BCUT2D eigenvalue weighted by atomic mass is 10.1. The third kappa shape index (κ3) is 5.21. The number of methoxy groups -OCH3 is 2. The number of anilines is 2. The van der Waals surface area contributed by atoms with E-state index in [0.29, 0.717) is 28.7 Å². The Bertz CT molecular complexity index is 991. The van der Waals surface area contributed by atoms with Crippen molar-refractivity contribution in [2.45, 2.75) is 23.5 Å². The molecule has 1 amide bonds. The molecule has 0 saturated carbocycles. The summed E-state index contributed by atoms with van der Waals surface area (Å²) in [5, 5.41) is 5.17. The molecule has 8 heteroatoms. The molecule has 3 N–H and O–H groups in total. The molecule has 2 aromatic carbocycles. The van der Waals surface area contributed by atoms with E-state index in [-0.39, 0.29) is 11.2 Å². The van der Waals surface area contributed by atoms with Gasteiger partial charge in [-0.15, -0.1) is 23.1 Å². The number of hydrogen-bond donors (Lipinski definition) is 2. The Kier molecular flexibility index (Phi) is 7.00. The van der Waals surface area contributed by atoms with Crippen molar-refractivity contribution >= 4 is 39.8 Å². The number of thioether (sulfide) groups is 1. The zero-order valence-corrected chi connectivity index (χ0v) is 18.1. The molecule has 0 bridgehead atoms. The Hall–Kier alpha value is -2.71. The lowest BCUT2D eigenvalue weighted by Gasteiger charge is -2.13. The number of carbonyl (C=O) groups is 1. The predicted octanol–water partition coefficient (Wildman–Crippen LogP) is 4.92. The number of nitrogen functional groups attached to an aromatic ring is 1. The molecule has 6 nitrogen and oxygen atoms in total. The van der Waals surface area contributed by atoms with Crippen molar-refractivity contribution in [2.24, 2.45) is 0 Å². The monoisotopic (exact) mass is 429 g/mol. The zero-order valence-electron chi connectivity index (χ0n) is 16.5. The molecule has 152 valence electrons. The Morgan fingerprint density at radius 1 is 1.21 bits per heavy atom. The minimum atomic E-state index is -0.231. The highest BCUT2D eigenvalue weighted by atomic mass is 32.2. The lowest BCUT2D eigenvalue weighted by molar-refractivity contribution is -0.115. The average Bonchev–Trinajstić information content (AvgIpc) is 3.19. The summed E-state index contributed by atoms with van der Waals surface area (Å²) in [6.45, 7) is 1.99. The Balaban J connectivity index is 1.71. The fraction of sp³-hybridized carbons (Fsp3) is 0.238. The fourth-order valence-corrected chi connectivity index (χ4v) is 4.46. The normalized spacial score (nSPS) is 11.7. The van der Waals surface area contributed by atoms with E-state index in [9.17, 15) is 4.79 Å². The molecular formula is C21H23N3O3S2. The number of ether oxygens (including phenoxy) is 2. The summed E-state index contributed by atoms with van der Waals surface area (Å²) in [7, 11) is 3.19. The highest BCUT2D eigenvalue weighted by Crippen LogP contribution is 2.34. The molecule has 1 aromatic heterocycles. The van der Waals surface area contributed by atoms with Crippen molar-refractivity contribution in [1.29, 1.82) is 0 Å². The Labute approximate surface area is 178 Å². The van der Waals surface area contributed by atoms with Crippen molar-refractivity contribution < 1.29 is 14.3 Å². The third-order valence-electron chi connectivity index (χ3n) is 4.21. The minimum absolute atomic E-state index is 0.0758. The summed E-state index contributed by atoms with van der Waals surface area (Å²) in [6, 6.07) is 13.2. The first-order valence-corrected chi connectivity index (χ1v) is 10.8. The molecule has 0 spiro atoms. The van der Waals surface area contributed by atoms with Crippen LogP contribution in [0.5, 0.6) is 11.5 Å². The summed E-state index contributed by atoms with van der Waals surface area (Å²) in [5.41, 5.74) is 8.17. The largest absolute Gasteiger partial charge is 0.493 e. The maximum atomic E-state index is 12.7. The lowest BCUT2D eigenvalue weighted by Crippen LogP contribution is -2.24. The van der Waals surface area contributed by atoms with Crippen LogP contribution in [-0.4, -0.2) is 30.4 Å². The van der Waals surface area contributed by atoms with Gasteiger partial charge in [-0.25, -0.2) is 4.98 Å². The third-order valence-corrected chi connectivity index (χ3v) is 6.33. The van der Waals surface area contributed by atoms with Gasteiger partial charge in [0.2, 0.25) is 5.91 Å². The van der Waals surface area contributed by atoms with Gasteiger partial charge < -0.3 is 20.5 Å². The van der Waals surface area contributed by atoms with E-state index >= 15 is 0 Å². The van der Waals surface area contributed by atoms with Crippen LogP contribution in [0.25, 0.3) is 11.3 Å². The molecule has 3 rings (SSSR count). The van der Waals surface area contributed by atoms with E-state index in [1.807, 2.05) is 54.8 Å². The smallest absolute Gasteiger partial charge is 0.239 e. The van der Waals surface area contributed by atoms with E-state index in [4.69, 9.17) is 15.2 Å². The van der Waals surface area contributed by atoms with Gasteiger partial charge in [0.05, 0.1) is 25.2 Å². The minimum Gasteiger partial charge on any atom is -0.493 e. The second kappa shape index (κ2) is 9.67. The van der Waals surface area contributed by atoms with Gasteiger partial charge in [-0.05, 0) is 42.8 Å². The van der Waals surface area contributed by atoms with Crippen LogP contribution in [-0.2, 0) is 4.79 Å². The number of rotatable bonds is 8. The van der Waals surface area contributed by atoms with Crippen molar-refractivity contribution in [2.75, 3.05) is 25.3 Å². The molecule has 0 aliphatic carbocycles. The number of carbonyl (C=O) groups excluding carboxylic acids is 1. The molecule has 0 fully saturated rings. The van der Waals surface area contributed by atoms with Gasteiger partial charge in [0.1, 0.15) is 0 Å². The molecule has 0 saturated heterocycles. The molecule has 1 heterocycles. The zero-order chi connectivity index (χ0) is 20.8.